The summed E-state index contributed by atoms with van der Waals surface area (Å²) in [6.45, 7) is 2.02. The molecule has 0 radical (unpaired) electrons. The molecule has 1 N–H and O–H groups in total. The molecule has 0 aliphatic carbocycles. The van der Waals surface area contributed by atoms with Gasteiger partial charge in [0.1, 0.15) is 17.6 Å². The van der Waals surface area contributed by atoms with Gasteiger partial charge in [0.15, 0.2) is 0 Å². The summed E-state index contributed by atoms with van der Waals surface area (Å²) in [5, 5.41) is 12.0. The van der Waals surface area contributed by atoms with Crippen molar-refractivity contribution in [2.45, 2.75) is 6.92 Å². The highest BCUT2D eigenvalue weighted by molar-refractivity contribution is 9.10. The standard InChI is InChI=1S/C13H10BrN3/c1-9-4-2-6-11(13(9)14)17-12-7-3-5-10(8-15)16-12/h2-7H,1H3,(H,16,17). The number of nitrogens with zero attached hydrogens (tertiary/aromatic N) is 2. The first-order valence-corrected chi connectivity index (χ1v) is 5.89. The van der Waals surface area contributed by atoms with Crippen molar-refractivity contribution in [1.82, 2.24) is 4.98 Å². The molecule has 0 spiro atoms. The van der Waals surface area contributed by atoms with Crippen molar-refractivity contribution in [2.24, 2.45) is 0 Å². The first kappa shape index (κ1) is 11.6. The van der Waals surface area contributed by atoms with Gasteiger partial charge in [-0.15, -0.1) is 0 Å². The molecule has 3 nitrogen and oxygen atoms in total. The van der Waals surface area contributed by atoms with Crippen LogP contribution < -0.4 is 5.32 Å². The summed E-state index contributed by atoms with van der Waals surface area (Å²) in [6, 6.07) is 13.3. The van der Waals surface area contributed by atoms with E-state index < -0.39 is 0 Å². The van der Waals surface area contributed by atoms with E-state index in [4.69, 9.17) is 5.26 Å². The Morgan fingerprint density at radius 3 is 2.76 bits per heavy atom. The quantitative estimate of drug-likeness (QED) is 0.915. The van der Waals surface area contributed by atoms with Gasteiger partial charge in [-0.3, -0.25) is 0 Å². The lowest BCUT2D eigenvalue weighted by molar-refractivity contribution is 1.25. The van der Waals surface area contributed by atoms with Crippen LogP contribution in [0.25, 0.3) is 0 Å². The Bertz CT molecular complexity index is 587. The largest absolute Gasteiger partial charge is 0.339 e. The van der Waals surface area contributed by atoms with E-state index in [1.54, 1.807) is 12.1 Å². The maximum atomic E-state index is 8.78. The van der Waals surface area contributed by atoms with E-state index in [-0.39, 0.29) is 0 Å². The second-order valence-corrected chi connectivity index (χ2v) is 4.37. The SMILES string of the molecule is Cc1cccc(Nc2cccc(C#N)n2)c1Br. The molecule has 0 saturated carbocycles. The molecule has 0 amide bonds. The number of rotatable bonds is 2. The lowest BCUT2D eigenvalue weighted by Gasteiger charge is -2.09. The molecule has 0 unspecified atom stereocenters. The number of benzene rings is 1. The molecule has 84 valence electrons. The maximum Gasteiger partial charge on any atom is 0.142 e. The van der Waals surface area contributed by atoms with Crippen molar-refractivity contribution in [3.63, 3.8) is 0 Å². The van der Waals surface area contributed by atoms with Crippen LogP contribution in [0.3, 0.4) is 0 Å². The summed E-state index contributed by atoms with van der Waals surface area (Å²) in [7, 11) is 0. The van der Waals surface area contributed by atoms with E-state index in [1.807, 2.05) is 37.3 Å². The third-order valence-corrected chi connectivity index (χ3v) is 3.37. The fourth-order valence-corrected chi connectivity index (χ4v) is 1.81. The van der Waals surface area contributed by atoms with Gasteiger partial charge in [-0.05, 0) is 46.6 Å². The topological polar surface area (TPSA) is 48.7 Å². The highest BCUT2D eigenvalue weighted by atomic mass is 79.9. The Kier molecular flexibility index (Phi) is 3.40. The number of aryl methyl sites for hydroxylation is 1. The summed E-state index contributed by atoms with van der Waals surface area (Å²) < 4.78 is 1.00. The lowest BCUT2D eigenvalue weighted by atomic mass is 10.2. The average molecular weight is 288 g/mol. The van der Waals surface area contributed by atoms with E-state index in [1.165, 1.54) is 0 Å². The van der Waals surface area contributed by atoms with Crippen molar-refractivity contribution < 1.29 is 0 Å². The highest BCUT2D eigenvalue weighted by Gasteiger charge is 2.03. The molecule has 1 aromatic heterocycles. The van der Waals surface area contributed by atoms with Gasteiger partial charge in [-0.2, -0.15) is 5.26 Å². The molecule has 0 saturated heterocycles. The number of anilines is 2. The fourth-order valence-electron chi connectivity index (χ4n) is 1.45. The maximum absolute atomic E-state index is 8.78. The average Bonchev–Trinajstić information content (AvgIpc) is 2.35. The summed E-state index contributed by atoms with van der Waals surface area (Å²) in [4.78, 5) is 4.16. The van der Waals surface area contributed by atoms with Crippen molar-refractivity contribution in [3.8, 4) is 6.07 Å². The van der Waals surface area contributed by atoms with Gasteiger partial charge in [0, 0.05) is 4.47 Å². The van der Waals surface area contributed by atoms with E-state index in [0.717, 1.165) is 15.7 Å². The normalized spacial score (nSPS) is 9.71. The van der Waals surface area contributed by atoms with E-state index >= 15 is 0 Å². The van der Waals surface area contributed by atoms with Gasteiger partial charge in [-0.1, -0.05) is 18.2 Å². The van der Waals surface area contributed by atoms with Gasteiger partial charge in [-0.25, -0.2) is 4.98 Å². The molecular weight excluding hydrogens is 278 g/mol. The summed E-state index contributed by atoms with van der Waals surface area (Å²) in [5.74, 6) is 0.662. The molecular formula is C13H10BrN3. The third kappa shape index (κ3) is 2.63. The monoisotopic (exact) mass is 287 g/mol. The Hall–Kier alpha value is -1.86. The zero-order valence-corrected chi connectivity index (χ0v) is 10.8. The predicted molar refractivity (Wildman–Crippen MR) is 71.1 cm³/mol. The molecule has 1 heterocycles. The van der Waals surface area contributed by atoms with Crippen LogP contribution in [-0.2, 0) is 0 Å². The van der Waals surface area contributed by atoms with Gasteiger partial charge in [0.25, 0.3) is 0 Å². The minimum atomic E-state index is 0.402. The Morgan fingerprint density at radius 1 is 1.24 bits per heavy atom. The first-order valence-electron chi connectivity index (χ1n) is 5.10. The zero-order chi connectivity index (χ0) is 12.3. The first-order chi connectivity index (χ1) is 8.20. The van der Waals surface area contributed by atoms with Crippen LogP contribution in [0, 0.1) is 18.3 Å². The van der Waals surface area contributed by atoms with Gasteiger partial charge in [0.05, 0.1) is 5.69 Å². The number of aromatic nitrogens is 1. The van der Waals surface area contributed by atoms with Crippen molar-refractivity contribution in [2.75, 3.05) is 5.32 Å². The van der Waals surface area contributed by atoms with Crippen LogP contribution in [0.4, 0.5) is 11.5 Å². The van der Waals surface area contributed by atoms with Crippen molar-refractivity contribution in [1.29, 1.82) is 5.26 Å². The summed E-state index contributed by atoms with van der Waals surface area (Å²) >= 11 is 3.52. The number of nitrogens with one attached hydrogen (secondary N) is 1. The second-order valence-electron chi connectivity index (χ2n) is 3.58. The van der Waals surface area contributed by atoms with Crippen LogP contribution in [-0.4, -0.2) is 4.98 Å². The molecule has 0 atom stereocenters. The van der Waals surface area contributed by atoms with Gasteiger partial charge in [0.2, 0.25) is 0 Å². The van der Waals surface area contributed by atoms with Crippen LogP contribution in [0.2, 0.25) is 0 Å². The minimum Gasteiger partial charge on any atom is -0.339 e. The summed E-state index contributed by atoms with van der Waals surface area (Å²) in [6.07, 6.45) is 0. The number of hydrogen-bond donors (Lipinski definition) is 1. The molecule has 4 heteroatoms. The van der Waals surface area contributed by atoms with Crippen LogP contribution in [0.5, 0.6) is 0 Å². The molecule has 1 aromatic carbocycles. The van der Waals surface area contributed by atoms with Crippen molar-refractivity contribution >= 4 is 27.4 Å². The zero-order valence-electron chi connectivity index (χ0n) is 9.24. The Balaban J connectivity index is 2.32. The third-order valence-electron chi connectivity index (χ3n) is 2.32. The molecule has 2 aromatic rings. The Morgan fingerprint density at radius 2 is 2.00 bits per heavy atom. The van der Waals surface area contributed by atoms with E-state index in [2.05, 4.69) is 26.2 Å². The number of pyridine rings is 1. The molecule has 17 heavy (non-hydrogen) atoms. The van der Waals surface area contributed by atoms with Gasteiger partial charge >= 0.3 is 0 Å². The summed E-state index contributed by atoms with van der Waals surface area (Å²) in [5.41, 5.74) is 2.48. The van der Waals surface area contributed by atoms with Crippen LogP contribution in [0.1, 0.15) is 11.3 Å². The van der Waals surface area contributed by atoms with Crippen molar-refractivity contribution in [3.05, 3.63) is 52.1 Å². The Labute approximate surface area is 108 Å². The number of halogens is 1. The highest BCUT2D eigenvalue weighted by Crippen LogP contribution is 2.27. The number of nitriles is 1. The van der Waals surface area contributed by atoms with E-state index in [9.17, 15) is 0 Å². The lowest BCUT2D eigenvalue weighted by Crippen LogP contribution is -1.96. The van der Waals surface area contributed by atoms with Gasteiger partial charge < -0.3 is 5.32 Å². The van der Waals surface area contributed by atoms with E-state index in [0.29, 0.717) is 11.5 Å². The smallest absolute Gasteiger partial charge is 0.142 e. The molecule has 0 aliphatic heterocycles. The predicted octanol–water partition coefficient (Wildman–Crippen LogP) is 3.77. The minimum absolute atomic E-state index is 0.402. The molecule has 0 aliphatic rings. The second kappa shape index (κ2) is 4.98. The van der Waals surface area contributed by atoms with Crippen LogP contribution in [0.15, 0.2) is 40.9 Å². The van der Waals surface area contributed by atoms with Crippen LogP contribution >= 0.6 is 15.9 Å². The fraction of sp³-hybridized carbons (Fsp3) is 0.0769. The molecule has 0 bridgehead atoms. The molecule has 2 rings (SSSR count). The molecule has 0 fully saturated rings. The number of hydrogen-bond acceptors (Lipinski definition) is 3.